The fourth-order valence-electron chi connectivity index (χ4n) is 4.65. The Bertz CT molecular complexity index is 1010. The lowest BCUT2D eigenvalue weighted by atomic mass is 10.1. The largest absolute Gasteiger partial charge is 0.492 e. The highest BCUT2D eigenvalue weighted by Gasteiger charge is 2.36. The Balaban J connectivity index is 1.50. The number of benzene rings is 2. The van der Waals surface area contributed by atoms with Gasteiger partial charge in [0.15, 0.2) is 0 Å². The molecule has 0 radical (unpaired) electrons. The Kier molecular flexibility index (Phi) is 12.7. The minimum Gasteiger partial charge on any atom is -0.492 e. The molecule has 38 heavy (non-hydrogen) atoms. The van der Waals surface area contributed by atoms with E-state index in [1.54, 1.807) is 18.2 Å². The van der Waals surface area contributed by atoms with Crippen LogP contribution < -0.4 is 10.1 Å². The second-order valence-corrected chi connectivity index (χ2v) is 9.79. The Hall–Kier alpha value is -3.35. The number of hydrogen-bond acceptors (Lipinski definition) is 5. The number of rotatable bonds is 16. The summed E-state index contributed by atoms with van der Waals surface area (Å²) < 4.78 is 11.4. The molecule has 206 valence electrons. The average molecular weight is 523 g/mol. The molecule has 0 spiro atoms. The quantitative estimate of drug-likeness (QED) is 0.238. The van der Waals surface area contributed by atoms with E-state index >= 15 is 0 Å². The molecule has 1 saturated heterocycles. The Morgan fingerprint density at radius 2 is 1.58 bits per heavy atom. The summed E-state index contributed by atoms with van der Waals surface area (Å²) in [6.07, 6.45) is 9.82. The molecule has 7 heteroatoms. The summed E-state index contributed by atoms with van der Waals surface area (Å²) in [4.78, 5) is 40.2. The van der Waals surface area contributed by atoms with E-state index in [1.807, 2.05) is 36.4 Å². The van der Waals surface area contributed by atoms with Crippen molar-refractivity contribution < 1.29 is 23.9 Å². The average Bonchev–Trinajstić information content (AvgIpc) is 2.94. The zero-order valence-corrected chi connectivity index (χ0v) is 22.7. The number of hydrogen-bond donors (Lipinski definition) is 1. The van der Waals surface area contributed by atoms with Crippen LogP contribution in [-0.2, 0) is 20.7 Å². The molecule has 2 amide bonds. The highest BCUT2D eigenvalue weighted by atomic mass is 16.5. The summed E-state index contributed by atoms with van der Waals surface area (Å²) in [6, 6.07) is 16.1. The fourth-order valence-corrected chi connectivity index (χ4v) is 4.65. The van der Waals surface area contributed by atoms with E-state index < -0.39 is 12.0 Å². The minimum atomic E-state index is -0.903. The Morgan fingerprint density at radius 3 is 2.34 bits per heavy atom. The van der Waals surface area contributed by atoms with Crippen LogP contribution in [0.4, 0.5) is 0 Å². The number of nitrogens with zero attached hydrogens (tertiary/aromatic N) is 1. The Morgan fingerprint density at radius 1 is 0.895 bits per heavy atom. The zero-order chi connectivity index (χ0) is 27.0. The van der Waals surface area contributed by atoms with Crippen molar-refractivity contribution in [1.82, 2.24) is 10.2 Å². The first-order valence-electron chi connectivity index (χ1n) is 14.1. The number of nitrogens with one attached hydrogen (secondary N) is 1. The van der Waals surface area contributed by atoms with Gasteiger partial charge in [0.05, 0.1) is 25.2 Å². The van der Waals surface area contributed by atoms with Crippen molar-refractivity contribution in [1.29, 1.82) is 0 Å². The first kappa shape index (κ1) is 29.2. The number of unbranched alkanes of at least 4 members (excludes halogenated alkanes) is 7. The van der Waals surface area contributed by atoms with E-state index in [4.69, 9.17) is 9.47 Å². The molecule has 1 aliphatic heterocycles. The van der Waals surface area contributed by atoms with Crippen LogP contribution >= 0.6 is 0 Å². The van der Waals surface area contributed by atoms with Crippen LogP contribution in [0.2, 0.25) is 0 Å². The van der Waals surface area contributed by atoms with E-state index in [0.29, 0.717) is 44.0 Å². The standard InChI is InChI=1S/C31H42N2O5/c1-2-3-4-5-6-7-8-14-22-38-29(34)24-27-30(35)32-20-21-33(27)31(36)26-17-12-13-18-28(26)37-23-19-25-15-10-9-11-16-25/h9-13,15-18,27H,2-8,14,19-24H2,1H3,(H,32,35). The predicted molar refractivity (Wildman–Crippen MR) is 148 cm³/mol. The van der Waals surface area contributed by atoms with Gasteiger partial charge in [-0.15, -0.1) is 0 Å². The smallest absolute Gasteiger partial charge is 0.308 e. The van der Waals surface area contributed by atoms with Crippen LogP contribution in [0.15, 0.2) is 54.6 Å². The Labute approximate surface area is 226 Å². The number of amides is 2. The third-order valence-electron chi connectivity index (χ3n) is 6.82. The van der Waals surface area contributed by atoms with Crippen LogP contribution in [0.1, 0.15) is 80.6 Å². The van der Waals surface area contributed by atoms with Gasteiger partial charge < -0.3 is 19.7 Å². The van der Waals surface area contributed by atoms with E-state index in [9.17, 15) is 14.4 Å². The van der Waals surface area contributed by atoms with Crippen molar-refractivity contribution in [3.63, 3.8) is 0 Å². The molecule has 1 atom stereocenters. The first-order valence-corrected chi connectivity index (χ1v) is 14.1. The fraction of sp³-hybridized carbons (Fsp3) is 0.516. The van der Waals surface area contributed by atoms with Gasteiger partial charge in [0.25, 0.3) is 5.91 Å². The molecule has 0 bridgehead atoms. The van der Waals surface area contributed by atoms with E-state index in [2.05, 4.69) is 12.2 Å². The van der Waals surface area contributed by atoms with Crippen molar-refractivity contribution in [2.45, 2.75) is 77.2 Å². The lowest BCUT2D eigenvalue weighted by molar-refractivity contribution is -0.147. The van der Waals surface area contributed by atoms with Gasteiger partial charge in [-0.2, -0.15) is 0 Å². The minimum absolute atomic E-state index is 0.161. The van der Waals surface area contributed by atoms with Gasteiger partial charge in [0, 0.05) is 19.5 Å². The molecular weight excluding hydrogens is 480 g/mol. The summed E-state index contributed by atoms with van der Waals surface area (Å²) in [5.74, 6) is -0.650. The van der Waals surface area contributed by atoms with Gasteiger partial charge in [0.1, 0.15) is 11.8 Å². The first-order chi connectivity index (χ1) is 18.6. The molecule has 1 N–H and O–H groups in total. The van der Waals surface area contributed by atoms with Crippen molar-refractivity contribution >= 4 is 17.8 Å². The maximum absolute atomic E-state index is 13.5. The number of carbonyl (C=O) groups is 3. The van der Waals surface area contributed by atoms with Gasteiger partial charge >= 0.3 is 5.97 Å². The topological polar surface area (TPSA) is 84.9 Å². The van der Waals surface area contributed by atoms with Gasteiger partial charge in [-0.05, 0) is 24.1 Å². The summed E-state index contributed by atoms with van der Waals surface area (Å²) in [5.41, 5.74) is 1.53. The van der Waals surface area contributed by atoms with E-state index in [-0.39, 0.29) is 18.2 Å². The monoisotopic (exact) mass is 522 g/mol. The number of carbonyl (C=O) groups excluding carboxylic acids is 3. The van der Waals surface area contributed by atoms with Crippen molar-refractivity contribution in [2.24, 2.45) is 0 Å². The summed E-state index contributed by atoms with van der Waals surface area (Å²) in [6.45, 7) is 3.63. The van der Waals surface area contributed by atoms with Crippen LogP contribution in [0, 0.1) is 0 Å². The molecule has 2 aromatic rings. The lowest BCUT2D eigenvalue weighted by Crippen LogP contribution is -2.57. The SMILES string of the molecule is CCCCCCCCCCOC(=O)CC1C(=O)NCCN1C(=O)c1ccccc1OCCc1ccccc1. The molecule has 3 rings (SSSR count). The molecule has 1 unspecified atom stereocenters. The summed E-state index contributed by atoms with van der Waals surface area (Å²) in [5, 5.41) is 2.77. The van der Waals surface area contributed by atoms with Crippen LogP contribution in [0.5, 0.6) is 5.75 Å². The maximum atomic E-state index is 13.5. The molecular formula is C31H42N2O5. The summed E-state index contributed by atoms with van der Waals surface area (Å²) in [7, 11) is 0. The van der Waals surface area contributed by atoms with Crippen LogP contribution in [-0.4, -0.2) is 55.0 Å². The van der Waals surface area contributed by atoms with Crippen LogP contribution in [0.3, 0.4) is 0 Å². The van der Waals surface area contributed by atoms with Crippen molar-refractivity contribution in [2.75, 3.05) is 26.3 Å². The highest BCUT2D eigenvalue weighted by Crippen LogP contribution is 2.23. The van der Waals surface area contributed by atoms with Gasteiger partial charge in [0.2, 0.25) is 5.91 Å². The third-order valence-corrected chi connectivity index (χ3v) is 6.82. The number of piperazine rings is 1. The highest BCUT2D eigenvalue weighted by molar-refractivity contribution is 6.01. The molecule has 1 heterocycles. The van der Waals surface area contributed by atoms with Gasteiger partial charge in [-0.1, -0.05) is 94.3 Å². The lowest BCUT2D eigenvalue weighted by Gasteiger charge is -2.34. The van der Waals surface area contributed by atoms with Crippen molar-refractivity contribution in [3.8, 4) is 5.75 Å². The second kappa shape index (κ2) is 16.5. The van der Waals surface area contributed by atoms with Gasteiger partial charge in [-0.25, -0.2) is 0 Å². The molecule has 1 fully saturated rings. The molecule has 1 aliphatic rings. The molecule has 2 aromatic carbocycles. The number of para-hydroxylation sites is 1. The normalized spacial score (nSPS) is 15.1. The predicted octanol–water partition coefficient (Wildman–Crippen LogP) is 5.32. The molecule has 0 aliphatic carbocycles. The third kappa shape index (κ3) is 9.51. The van der Waals surface area contributed by atoms with E-state index in [1.165, 1.54) is 37.0 Å². The van der Waals surface area contributed by atoms with E-state index in [0.717, 1.165) is 24.8 Å². The molecule has 7 nitrogen and oxygen atoms in total. The molecule has 0 saturated carbocycles. The second-order valence-electron chi connectivity index (χ2n) is 9.79. The van der Waals surface area contributed by atoms with Crippen molar-refractivity contribution in [3.05, 3.63) is 65.7 Å². The summed E-state index contributed by atoms with van der Waals surface area (Å²) >= 11 is 0. The molecule has 0 aromatic heterocycles. The number of ether oxygens (including phenoxy) is 2. The maximum Gasteiger partial charge on any atom is 0.308 e. The van der Waals surface area contributed by atoms with Crippen LogP contribution in [0.25, 0.3) is 0 Å². The number of esters is 1. The zero-order valence-electron chi connectivity index (χ0n) is 22.7. The van der Waals surface area contributed by atoms with Gasteiger partial charge in [-0.3, -0.25) is 14.4 Å².